The summed E-state index contributed by atoms with van der Waals surface area (Å²) in [6.45, 7) is 1.04. The molecule has 1 radical (unpaired) electrons. The first-order valence-corrected chi connectivity index (χ1v) is 8.04. The highest BCUT2D eigenvalue weighted by Gasteiger charge is 2.33. The number of amides is 4. The van der Waals surface area contributed by atoms with Crippen molar-refractivity contribution in [2.45, 2.75) is 19.3 Å². The molecule has 7 nitrogen and oxygen atoms in total. The second-order valence-corrected chi connectivity index (χ2v) is 5.83. The molecule has 0 saturated carbocycles. The Kier molecular flexibility index (Phi) is 6.31. The number of rotatable bonds is 4. The van der Waals surface area contributed by atoms with Crippen LogP contribution in [0.5, 0.6) is 0 Å². The third-order valence-corrected chi connectivity index (χ3v) is 3.94. The van der Waals surface area contributed by atoms with Gasteiger partial charge in [-0.2, -0.15) is 0 Å². The van der Waals surface area contributed by atoms with E-state index in [0.29, 0.717) is 18.8 Å². The molecule has 1 saturated heterocycles. The summed E-state index contributed by atoms with van der Waals surface area (Å²) in [4.78, 5) is 39.5. The fourth-order valence-electron chi connectivity index (χ4n) is 2.66. The van der Waals surface area contributed by atoms with Crippen LogP contribution in [0.1, 0.15) is 19.3 Å². The van der Waals surface area contributed by atoms with Crippen molar-refractivity contribution in [3.63, 3.8) is 0 Å². The average Bonchev–Trinajstić information content (AvgIpc) is 2.61. The SMILES string of the molecule is CN(C)N(C[C]=O)C(=O)N(C(=O)N1CCCCC1)c1ccccc1. The lowest BCUT2D eigenvalue weighted by atomic mass is 10.1. The molecule has 0 bridgehead atoms. The predicted molar refractivity (Wildman–Crippen MR) is 91.2 cm³/mol. The van der Waals surface area contributed by atoms with Crippen molar-refractivity contribution in [2.24, 2.45) is 0 Å². The van der Waals surface area contributed by atoms with Crippen LogP contribution in [0.15, 0.2) is 30.3 Å². The lowest BCUT2D eigenvalue weighted by Gasteiger charge is -2.36. The fraction of sp³-hybridized carbons (Fsp3) is 0.471. The number of hydrogen-bond acceptors (Lipinski definition) is 4. The summed E-state index contributed by atoms with van der Waals surface area (Å²) in [5.41, 5.74) is 0.482. The van der Waals surface area contributed by atoms with Gasteiger partial charge < -0.3 is 4.90 Å². The van der Waals surface area contributed by atoms with Crippen molar-refractivity contribution in [1.29, 1.82) is 0 Å². The first-order valence-electron chi connectivity index (χ1n) is 8.04. The Bertz CT molecular complexity index is 570. The number of likely N-dealkylation sites (tertiary alicyclic amines) is 1. The number of hydrogen-bond donors (Lipinski definition) is 0. The summed E-state index contributed by atoms with van der Waals surface area (Å²) in [5, 5.41) is 2.66. The van der Waals surface area contributed by atoms with Gasteiger partial charge in [-0.1, -0.05) is 18.2 Å². The molecule has 0 aliphatic carbocycles. The van der Waals surface area contributed by atoms with E-state index in [1.54, 1.807) is 49.5 Å². The number of benzene rings is 1. The topological polar surface area (TPSA) is 64.2 Å². The Morgan fingerprint density at radius 1 is 1.08 bits per heavy atom. The van der Waals surface area contributed by atoms with Gasteiger partial charge in [0.05, 0.1) is 5.69 Å². The molecule has 0 atom stereocenters. The number of hydrazine groups is 1. The van der Waals surface area contributed by atoms with Crippen molar-refractivity contribution in [2.75, 3.05) is 38.6 Å². The molecule has 1 aromatic carbocycles. The van der Waals surface area contributed by atoms with E-state index in [1.165, 1.54) is 10.0 Å². The van der Waals surface area contributed by atoms with E-state index in [4.69, 9.17) is 0 Å². The highest BCUT2D eigenvalue weighted by Crippen LogP contribution is 2.20. The molecule has 2 rings (SSSR count). The third-order valence-electron chi connectivity index (χ3n) is 3.94. The molecule has 0 N–H and O–H groups in total. The molecule has 4 amide bonds. The normalized spacial score (nSPS) is 14.4. The van der Waals surface area contributed by atoms with Crippen LogP contribution in [-0.4, -0.2) is 67.0 Å². The summed E-state index contributed by atoms with van der Waals surface area (Å²) in [5.74, 6) is 0. The number of carbonyl (C=O) groups excluding carboxylic acids is 3. The number of imide groups is 1. The van der Waals surface area contributed by atoms with Crippen LogP contribution in [0, 0.1) is 0 Å². The van der Waals surface area contributed by atoms with Gasteiger partial charge in [-0.05, 0) is 31.4 Å². The minimum Gasteiger partial charge on any atom is -0.324 e. The monoisotopic (exact) mass is 331 g/mol. The van der Waals surface area contributed by atoms with Gasteiger partial charge in [0.15, 0.2) is 0 Å². The molecule has 0 aromatic heterocycles. The number of carbonyl (C=O) groups is 2. The summed E-state index contributed by atoms with van der Waals surface area (Å²) in [6.07, 6.45) is 4.67. The highest BCUT2D eigenvalue weighted by atomic mass is 16.2. The molecule has 1 fully saturated rings. The van der Waals surface area contributed by atoms with Crippen LogP contribution >= 0.6 is 0 Å². The van der Waals surface area contributed by atoms with Crippen molar-refractivity contribution >= 4 is 24.0 Å². The van der Waals surface area contributed by atoms with Gasteiger partial charge in [-0.25, -0.2) is 24.5 Å². The van der Waals surface area contributed by atoms with Gasteiger partial charge >= 0.3 is 12.1 Å². The summed E-state index contributed by atoms with van der Waals surface area (Å²) < 4.78 is 0. The maximum absolute atomic E-state index is 13.0. The summed E-state index contributed by atoms with van der Waals surface area (Å²) in [6, 6.07) is 7.85. The molecule has 0 spiro atoms. The fourth-order valence-corrected chi connectivity index (χ4v) is 2.66. The molecule has 1 aromatic rings. The molecule has 1 aliphatic heterocycles. The average molecular weight is 331 g/mol. The molecule has 7 heteroatoms. The van der Waals surface area contributed by atoms with Crippen LogP contribution in [0.4, 0.5) is 15.3 Å². The minimum absolute atomic E-state index is 0.234. The lowest BCUT2D eigenvalue weighted by molar-refractivity contribution is 0.0814. The van der Waals surface area contributed by atoms with Crippen LogP contribution in [0.3, 0.4) is 0 Å². The number of piperidine rings is 1. The van der Waals surface area contributed by atoms with E-state index in [1.807, 2.05) is 6.07 Å². The van der Waals surface area contributed by atoms with E-state index < -0.39 is 6.03 Å². The summed E-state index contributed by atoms with van der Waals surface area (Å²) in [7, 11) is 3.29. The minimum atomic E-state index is -0.565. The van der Waals surface area contributed by atoms with Crippen LogP contribution < -0.4 is 4.90 Å². The summed E-state index contributed by atoms with van der Waals surface area (Å²) >= 11 is 0. The molecular weight excluding hydrogens is 308 g/mol. The second-order valence-electron chi connectivity index (χ2n) is 5.83. The maximum Gasteiger partial charge on any atom is 0.347 e. The van der Waals surface area contributed by atoms with Crippen molar-refractivity contribution < 1.29 is 14.4 Å². The Balaban J connectivity index is 2.33. The van der Waals surface area contributed by atoms with E-state index in [2.05, 4.69) is 0 Å². The standard InChI is InChI=1S/C17H23N4O3/c1-18(2)20(13-14-22)17(24)21(15-9-5-3-6-10-15)16(23)19-11-7-4-8-12-19/h3,5-6,9-10H,4,7-8,11-13H2,1-2H3. The van der Waals surface area contributed by atoms with Crippen LogP contribution in [-0.2, 0) is 4.79 Å². The molecule has 1 aliphatic rings. The van der Waals surface area contributed by atoms with E-state index in [9.17, 15) is 14.4 Å². The maximum atomic E-state index is 13.0. The molecule has 1 heterocycles. The van der Waals surface area contributed by atoms with Crippen LogP contribution in [0.25, 0.3) is 0 Å². The Labute approximate surface area is 142 Å². The predicted octanol–water partition coefficient (Wildman–Crippen LogP) is 2.11. The van der Waals surface area contributed by atoms with Gasteiger partial charge in [0.2, 0.25) is 6.29 Å². The van der Waals surface area contributed by atoms with Crippen molar-refractivity contribution in [3.8, 4) is 0 Å². The zero-order valence-corrected chi connectivity index (χ0v) is 14.1. The molecule has 0 unspecified atom stereocenters. The molecule has 24 heavy (non-hydrogen) atoms. The number of nitrogens with zero attached hydrogens (tertiary/aromatic N) is 4. The van der Waals surface area contributed by atoms with Crippen LogP contribution in [0.2, 0.25) is 0 Å². The van der Waals surface area contributed by atoms with Gasteiger partial charge in [0.1, 0.15) is 6.54 Å². The van der Waals surface area contributed by atoms with Gasteiger partial charge in [-0.15, -0.1) is 0 Å². The second kappa shape index (κ2) is 8.44. The first-order chi connectivity index (χ1) is 11.6. The smallest absolute Gasteiger partial charge is 0.324 e. The highest BCUT2D eigenvalue weighted by molar-refractivity contribution is 6.13. The zero-order chi connectivity index (χ0) is 17.5. The largest absolute Gasteiger partial charge is 0.347 e. The Morgan fingerprint density at radius 3 is 2.25 bits per heavy atom. The van der Waals surface area contributed by atoms with E-state index in [-0.39, 0.29) is 12.6 Å². The number of urea groups is 2. The lowest BCUT2D eigenvalue weighted by Crippen LogP contribution is -2.56. The van der Waals surface area contributed by atoms with Crippen molar-refractivity contribution in [3.05, 3.63) is 30.3 Å². The molecular formula is C17H23N4O3. The van der Waals surface area contributed by atoms with E-state index >= 15 is 0 Å². The van der Waals surface area contributed by atoms with Gasteiger partial charge in [-0.3, -0.25) is 4.79 Å². The third kappa shape index (κ3) is 4.11. The first kappa shape index (κ1) is 17.9. The van der Waals surface area contributed by atoms with Crippen molar-refractivity contribution in [1.82, 2.24) is 14.9 Å². The van der Waals surface area contributed by atoms with Gasteiger partial charge in [0.25, 0.3) is 0 Å². The Hall–Kier alpha value is -2.41. The Morgan fingerprint density at radius 2 is 1.71 bits per heavy atom. The van der Waals surface area contributed by atoms with Gasteiger partial charge in [0, 0.05) is 27.2 Å². The quantitative estimate of drug-likeness (QED) is 0.793. The molecule has 129 valence electrons. The zero-order valence-electron chi connectivity index (χ0n) is 14.1. The number of anilines is 1. The number of para-hydroxylation sites is 1. The van der Waals surface area contributed by atoms with E-state index in [0.717, 1.165) is 24.2 Å².